The third kappa shape index (κ3) is 6.57. The number of Topliss-reactive ketones (excluding diaryl/α,β-unsaturated/α-hetero) is 2. The summed E-state index contributed by atoms with van der Waals surface area (Å²) in [5.74, 6) is -0.827. The zero-order valence-electron chi connectivity index (χ0n) is 23.8. The van der Waals surface area contributed by atoms with Gasteiger partial charge in [0.2, 0.25) is 5.41 Å². The van der Waals surface area contributed by atoms with Gasteiger partial charge in [-0.3, -0.25) is 14.1 Å². The number of carbonyl (C=O) groups excluding carboxylic acids is 2. The molecule has 12 heteroatoms. The van der Waals surface area contributed by atoms with Gasteiger partial charge in [0.05, 0.1) is 4.90 Å². The number of aryl methyl sites for hydroxylation is 1. The normalized spacial score (nSPS) is 12.6. The van der Waals surface area contributed by atoms with Gasteiger partial charge in [0, 0.05) is 17.5 Å². The molecule has 0 fully saturated rings. The van der Waals surface area contributed by atoms with Crippen molar-refractivity contribution in [3.05, 3.63) is 124 Å². The van der Waals surface area contributed by atoms with Crippen LogP contribution in [-0.4, -0.2) is 36.9 Å². The Balaban J connectivity index is 1.76. The van der Waals surface area contributed by atoms with Crippen LogP contribution in [0.4, 0.5) is 26.3 Å². The van der Waals surface area contributed by atoms with Crippen LogP contribution in [0.2, 0.25) is 0 Å². The van der Waals surface area contributed by atoms with Gasteiger partial charge in [-0.15, -0.1) is 0 Å². The first-order valence-corrected chi connectivity index (χ1v) is 14.9. The fraction of sp³-hybridized carbons (Fsp3) is 0.212. The van der Waals surface area contributed by atoms with Gasteiger partial charge in [0.15, 0.2) is 11.6 Å². The van der Waals surface area contributed by atoms with Crippen LogP contribution in [0.1, 0.15) is 56.8 Å². The Kier molecular flexibility index (Phi) is 9.14. The molecule has 236 valence electrons. The van der Waals surface area contributed by atoms with Crippen LogP contribution >= 0.6 is 0 Å². The van der Waals surface area contributed by atoms with Crippen LogP contribution in [0.25, 0.3) is 11.1 Å². The van der Waals surface area contributed by atoms with Gasteiger partial charge in [-0.1, -0.05) is 91.9 Å². The van der Waals surface area contributed by atoms with Gasteiger partial charge in [-0.25, -0.2) is 0 Å². The lowest BCUT2D eigenvalue weighted by atomic mass is 9.72. The SMILES string of the molecule is CCc1ccc(C(c2ccc(CC(=O)c3ccc(-c4ccc(C(C)=O)cc4)cc3)c(S(=O)(=O)O)c2)(C(F)(F)F)C(F)(F)F)cc1. The summed E-state index contributed by atoms with van der Waals surface area (Å²) < 4.78 is 122. The van der Waals surface area contributed by atoms with E-state index in [0.717, 1.165) is 17.7 Å². The quantitative estimate of drug-likeness (QED) is 0.112. The third-order valence-corrected chi connectivity index (χ3v) is 8.54. The Bertz CT molecular complexity index is 1810. The molecule has 0 aliphatic rings. The molecule has 0 amide bonds. The molecule has 0 radical (unpaired) electrons. The molecule has 0 atom stereocenters. The zero-order valence-corrected chi connectivity index (χ0v) is 24.6. The van der Waals surface area contributed by atoms with Gasteiger partial charge in [-0.2, -0.15) is 34.8 Å². The van der Waals surface area contributed by atoms with E-state index in [1.165, 1.54) is 19.1 Å². The summed E-state index contributed by atoms with van der Waals surface area (Å²) in [7, 11) is -5.39. The van der Waals surface area contributed by atoms with E-state index in [4.69, 9.17) is 0 Å². The summed E-state index contributed by atoms with van der Waals surface area (Å²) in [5, 5.41) is 0. The van der Waals surface area contributed by atoms with Gasteiger partial charge in [-0.05, 0) is 52.8 Å². The highest BCUT2D eigenvalue weighted by Crippen LogP contribution is 2.56. The highest BCUT2D eigenvalue weighted by Gasteiger charge is 2.72. The first-order valence-electron chi connectivity index (χ1n) is 13.5. The highest BCUT2D eigenvalue weighted by molar-refractivity contribution is 7.85. The molecule has 0 aliphatic heterocycles. The average molecular weight is 649 g/mol. The molecule has 4 rings (SSSR count). The van der Waals surface area contributed by atoms with Crippen molar-refractivity contribution < 1.29 is 48.9 Å². The molecular weight excluding hydrogens is 622 g/mol. The smallest absolute Gasteiger partial charge is 0.295 e. The van der Waals surface area contributed by atoms with Crippen molar-refractivity contribution >= 4 is 21.7 Å². The molecule has 0 aromatic heterocycles. The van der Waals surface area contributed by atoms with Crippen molar-refractivity contribution in [3.8, 4) is 11.1 Å². The fourth-order valence-electron chi connectivity index (χ4n) is 5.17. The van der Waals surface area contributed by atoms with Crippen molar-refractivity contribution in [1.82, 2.24) is 0 Å². The largest absolute Gasteiger partial charge is 0.411 e. The molecule has 4 aromatic rings. The Morgan fingerprint density at radius 1 is 0.689 bits per heavy atom. The lowest BCUT2D eigenvalue weighted by Gasteiger charge is -2.38. The molecule has 0 spiro atoms. The molecule has 0 aliphatic carbocycles. The van der Waals surface area contributed by atoms with Crippen LogP contribution in [-0.2, 0) is 28.4 Å². The highest BCUT2D eigenvalue weighted by atomic mass is 32.2. The number of carbonyl (C=O) groups is 2. The van der Waals surface area contributed by atoms with E-state index in [2.05, 4.69) is 0 Å². The van der Waals surface area contributed by atoms with Crippen LogP contribution in [0.15, 0.2) is 95.9 Å². The van der Waals surface area contributed by atoms with Gasteiger partial charge in [0.1, 0.15) is 0 Å². The second kappa shape index (κ2) is 12.2. The lowest BCUT2D eigenvalue weighted by molar-refractivity contribution is -0.288. The predicted octanol–water partition coefficient (Wildman–Crippen LogP) is 8.20. The van der Waals surface area contributed by atoms with E-state index in [9.17, 15) is 48.9 Å². The lowest BCUT2D eigenvalue weighted by Crippen LogP contribution is -2.54. The number of benzene rings is 4. The van der Waals surface area contributed by atoms with Crippen molar-refractivity contribution in [2.24, 2.45) is 0 Å². The Labute approximate surface area is 255 Å². The number of hydrogen-bond acceptors (Lipinski definition) is 4. The standard InChI is InChI=1S/C33H26F6O5S/c1-3-21-4-15-27(16-5-21)31(32(34,35)36,33(37,38)39)28-17-14-26(30(19-28)45(42,43)44)18-29(41)25-12-10-24(11-13-25)23-8-6-22(7-9-23)20(2)40/h4-17,19H,3,18H2,1-2H3,(H,42,43,44). The number of alkyl halides is 6. The minimum Gasteiger partial charge on any atom is -0.295 e. The van der Waals surface area contributed by atoms with E-state index in [1.54, 1.807) is 43.3 Å². The van der Waals surface area contributed by atoms with Crippen LogP contribution < -0.4 is 0 Å². The van der Waals surface area contributed by atoms with Crippen LogP contribution in [0.3, 0.4) is 0 Å². The third-order valence-electron chi connectivity index (χ3n) is 7.61. The molecule has 45 heavy (non-hydrogen) atoms. The molecule has 0 bridgehead atoms. The second-order valence-corrected chi connectivity index (χ2v) is 11.8. The van der Waals surface area contributed by atoms with E-state index in [1.807, 2.05) is 0 Å². The van der Waals surface area contributed by atoms with Crippen molar-refractivity contribution in [2.45, 2.75) is 49.4 Å². The summed E-state index contributed by atoms with van der Waals surface area (Å²) in [4.78, 5) is 23.3. The molecule has 1 N–H and O–H groups in total. The first-order chi connectivity index (χ1) is 20.9. The minimum absolute atomic E-state index is 0.0698. The topological polar surface area (TPSA) is 88.5 Å². The zero-order chi connectivity index (χ0) is 33.4. The van der Waals surface area contributed by atoms with Gasteiger partial charge in [0.25, 0.3) is 10.1 Å². The number of ketones is 2. The first kappa shape index (κ1) is 33.6. The molecular formula is C33H26F6O5S. The second-order valence-electron chi connectivity index (χ2n) is 10.4. The maximum Gasteiger partial charge on any atom is 0.411 e. The summed E-state index contributed by atoms with van der Waals surface area (Å²) in [6, 6.07) is 17.5. The van der Waals surface area contributed by atoms with Gasteiger partial charge >= 0.3 is 12.4 Å². The van der Waals surface area contributed by atoms with Crippen molar-refractivity contribution in [2.75, 3.05) is 0 Å². The molecule has 0 saturated heterocycles. The summed E-state index contributed by atoms with van der Waals surface area (Å²) in [5.41, 5.74) is -5.37. The van der Waals surface area contributed by atoms with Crippen LogP contribution in [0, 0.1) is 0 Å². The van der Waals surface area contributed by atoms with E-state index in [-0.39, 0.29) is 17.4 Å². The van der Waals surface area contributed by atoms with Crippen molar-refractivity contribution in [3.63, 3.8) is 0 Å². The summed E-state index contributed by atoms with van der Waals surface area (Å²) in [6.07, 6.45) is -12.4. The van der Waals surface area contributed by atoms with Crippen LogP contribution in [0.5, 0.6) is 0 Å². The number of halogens is 6. The predicted molar refractivity (Wildman–Crippen MR) is 155 cm³/mol. The molecule has 0 unspecified atom stereocenters. The van der Waals surface area contributed by atoms with Crippen molar-refractivity contribution in [1.29, 1.82) is 0 Å². The van der Waals surface area contributed by atoms with E-state index < -0.39 is 61.7 Å². The maximum absolute atomic E-state index is 14.6. The Morgan fingerprint density at radius 2 is 1.16 bits per heavy atom. The monoisotopic (exact) mass is 648 g/mol. The minimum atomic E-state index is -5.99. The van der Waals surface area contributed by atoms with Gasteiger partial charge < -0.3 is 0 Å². The molecule has 4 aromatic carbocycles. The summed E-state index contributed by atoms with van der Waals surface area (Å²) >= 11 is 0. The summed E-state index contributed by atoms with van der Waals surface area (Å²) in [6.45, 7) is 3.09. The van der Waals surface area contributed by atoms with E-state index >= 15 is 0 Å². The average Bonchev–Trinajstić information content (AvgIpc) is 2.96. The Hall–Kier alpha value is -4.29. The Morgan fingerprint density at radius 3 is 1.58 bits per heavy atom. The fourth-order valence-corrected chi connectivity index (χ4v) is 5.91. The molecule has 0 saturated carbocycles. The molecule has 0 heterocycles. The maximum atomic E-state index is 14.6. The molecule has 5 nitrogen and oxygen atoms in total. The number of rotatable bonds is 9. The van der Waals surface area contributed by atoms with E-state index in [0.29, 0.717) is 47.4 Å². The number of hydrogen-bond donors (Lipinski definition) is 1.